The van der Waals surface area contributed by atoms with Crippen molar-refractivity contribution in [3.05, 3.63) is 34.9 Å². The van der Waals surface area contributed by atoms with Gasteiger partial charge in [-0.05, 0) is 56.0 Å². The lowest BCUT2D eigenvalue weighted by molar-refractivity contribution is 0.0120. The van der Waals surface area contributed by atoms with Crippen LogP contribution in [-0.4, -0.2) is 42.9 Å². The van der Waals surface area contributed by atoms with Crippen LogP contribution in [-0.2, 0) is 0 Å². The molecule has 0 aromatic heterocycles. The molecule has 0 aliphatic carbocycles. The molecule has 1 amide bonds. The number of hydrogen-bond donors (Lipinski definition) is 1. The number of hydrogen-bond acceptors (Lipinski definition) is 2. The Kier molecular flexibility index (Phi) is 4.17. The van der Waals surface area contributed by atoms with Gasteiger partial charge in [-0.1, -0.05) is 12.1 Å². The quantitative estimate of drug-likeness (QED) is 0.911. The van der Waals surface area contributed by atoms with E-state index < -0.39 is 12.5 Å². The first-order valence-corrected chi connectivity index (χ1v) is 7.95. The molecule has 5 heteroatoms. The number of carbonyl (C=O) groups excluding carboxylic acids is 1. The zero-order valence-corrected chi connectivity index (χ0v) is 12.9. The van der Waals surface area contributed by atoms with Crippen LogP contribution in [0.2, 0.25) is 0 Å². The van der Waals surface area contributed by atoms with Crippen molar-refractivity contribution in [3.63, 3.8) is 0 Å². The smallest absolute Gasteiger partial charge is 0.267 e. The van der Waals surface area contributed by atoms with E-state index in [-0.39, 0.29) is 18.9 Å². The lowest BCUT2D eigenvalue weighted by Crippen LogP contribution is -2.32. The van der Waals surface area contributed by atoms with E-state index in [1.807, 2.05) is 13.0 Å². The number of amides is 1. The van der Waals surface area contributed by atoms with E-state index in [1.54, 1.807) is 6.07 Å². The Morgan fingerprint density at radius 3 is 2.68 bits per heavy atom. The zero-order valence-electron chi connectivity index (χ0n) is 12.9. The molecule has 0 radical (unpaired) electrons. The molecule has 120 valence electrons. The van der Waals surface area contributed by atoms with Crippen molar-refractivity contribution in [3.8, 4) is 0 Å². The fourth-order valence-electron chi connectivity index (χ4n) is 3.54. The van der Waals surface area contributed by atoms with Gasteiger partial charge in [0, 0.05) is 18.5 Å². The summed E-state index contributed by atoms with van der Waals surface area (Å²) in [6.07, 6.45) is 1.88. The largest absolute Gasteiger partial charge is 0.332 e. The highest BCUT2D eigenvalue weighted by atomic mass is 19.3. The summed E-state index contributed by atoms with van der Waals surface area (Å²) < 4.78 is 26.7. The number of carbonyl (C=O) groups is 1. The van der Waals surface area contributed by atoms with Gasteiger partial charge in [-0.2, -0.15) is 0 Å². The number of piperidine rings is 1. The van der Waals surface area contributed by atoms with Crippen LogP contribution < -0.4 is 5.32 Å². The molecule has 0 unspecified atom stereocenters. The summed E-state index contributed by atoms with van der Waals surface area (Å²) >= 11 is 0. The molecule has 2 fully saturated rings. The van der Waals surface area contributed by atoms with Crippen molar-refractivity contribution in [1.29, 1.82) is 0 Å². The SMILES string of the molecule is Cc1c(C(=O)N2CCC(F)(F)C2)cccc1C1CCNCC1. The molecule has 3 rings (SSSR count). The average Bonchev–Trinajstić information content (AvgIpc) is 2.88. The normalized spacial score (nSPS) is 22.0. The van der Waals surface area contributed by atoms with Crippen LogP contribution in [0.25, 0.3) is 0 Å². The highest BCUT2D eigenvalue weighted by Crippen LogP contribution is 2.32. The van der Waals surface area contributed by atoms with E-state index in [9.17, 15) is 13.6 Å². The van der Waals surface area contributed by atoms with Crippen LogP contribution in [0.3, 0.4) is 0 Å². The second-order valence-electron chi connectivity index (χ2n) is 6.38. The standard InChI is InChI=1S/C17H22F2N2O/c1-12-14(13-5-8-20-9-6-13)3-2-4-15(12)16(22)21-10-7-17(18,19)11-21/h2-4,13,20H,5-11H2,1H3. The topological polar surface area (TPSA) is 32.3 Å². The lowest BCUT2D eigenvalue weighted by Gasteiger charge is -2.26. The molecule has 2 aliphatic rings. The van der Waals surface area contributed by atoms with E-state index in [0.717, 1.165) is 31.5 Å². The molecular weight excluding hydrogens is 286 g/mol. The molecule has 0 atom stereocenters. The number of alkyl halides is 2. The molecule has 0 bridgehead atoms. The number of rotatable bonds is 2. The third kappa shape index (κ3) is 3.00. The fraction of sp³-hybridized carbons (Fsp3) is 0.588. The molecule has 2 heterocycles. The minimum atomic E-state index is -2.74. The lowest BCUT2D eigenvalue weighted by atomic mass is 9.85. The van der Waals surface area contributed by atoms with Crippen molar-refractivity contribution in [1.82, 2.24) is 10.2 Å². The van der Waals surface area contributed by atoms with Gasteiger partial charge in [-0.3, -0.25) is 4.79 Å². The number of nitrogens with zero attached hydrogens (tertiary/aromatic N) is 1. The molecule has 3 nitrogen and oxygen atoms in total. The molecule has 1 N–H and O–H groups in total. The Morgan fingerprint density at radius 1 is 1.32 bits per heavy atom. The average molecular weight is 308 g/mol. The van der Waals surface area contributed by atoms with E-state index >= 15 is 0 Å². The number of likely N-dealkylation sites (tertiary alicyclic amines) is 1. The van der Waals surface area contributed by atoms with Crippen LogP contribution in [0.4, 0.5) is 8.78 Å². The van der Waals surface area contributed by atoms with E-state index in [4.69, 9.17) is 0 Å². The summed E-state index contributed by atoms with van der Waals surface area (Å²) in [5, 5.41) is 3.34. The van der Waals surface area contributed by atoms with Gasteiger partial charge in [0.2, 0.25) is 0 Å². The summed E-state index contributed by atoms with van der Waals surface area (Å²) in [5.74, 6) is -2.55. The number of benzene rings is 1. The molecular formula is C17H22F2N2O. The summed E-state index contributed by atoms with van der Waals surface area (Å²) in [4.78, 5) is 13.9. The Balaban J connectivity index is 1.83. The minimum absolute atomic E-state index is 0.142. The maximum absolute atomic E-state index is 13.3. The molecule has 2 saturated heterocycles. The third-order valence-corrected chi connectivity index (χ3v) is 4.84. The first kappa shape index (κ1) is 15.4. The summed E-state index contributed by atoms with van der Waals surface area (Å²) in [5.41, 5.74) is 2.72. The molecule has 2 aliphatic heterocycles. The summed E-state index contributed by atoms with van der Waals surface area (Å²) in [6.45, 7) is 3.60. The van der Waals surface area contributed by atoms with E-state index in [2.05, 4.69) is 11.4 Å². The first-order valence-electron chi connectivity index (χ1n) is 7.95. The molecule has 0 spiro atoms. The minimum Gasteiger partial charge on any atom is -0.332 e. The van der Waals surface area contributed by atoms with Gasteiger partial charge in [0.15, 0.2) is 0 Å². The van der Waals surface area contributed by atoms with Gasteiger partial charge in [-0.15, -0.1) is 0 Å². The van der Waals surface area contributed by atoms with E-state index in [1.165, 1.54) is 10.5 Å². The van der Waals surface area contributed by atoms with Gasteiger partial charge in [0.25, 0.3) is 11.8 Å². The van der Waals surface area contributed by atoms with Gasteiger partial charge in [0.05, 0.1) is 6.54 Å². The van der Waals surface area contributed by atoms with E-state index in [0.29, 0.717) is 11.5 Å². The van der Waals surface area contributed by atoms with Gasteiger partial charge < -0.3 is 10.2 Å². The van der Waals surface area contributed by atoms with Crippen LogP contribution in [0.1, 0.15) is 46.7 Å². The number of halogens is 2. The summed E-state index contributed by atoms with van der Waals surface area (Å²) in [7, 11) is 0. The Morgan fingerprint density at radius 2 is 2.05 bits per heavy atom. The van der Waals surface area contributed by atoms with Gasteiger partial charge in [0.1, 0.15) is 0 Å². The number of nitrogens with one attached hydrogen (secondary N) is 1. The Hall–Kier alpha value is -1.49. The van der Waals surface area contributed by atoms with Crippen molar-refractivity contribution >= 4 is 5.91 Å². The third-order valence-electron chi connectivity index (χ3n) is 4.84. The zero-order chi connectivity index (χ0) is 15.7. The molecule has 0 saturated carbocycles. The van der Waals surface area contributed by atoms with Crippen LogP contribution in [0.5, 0.6) is 0 Å². The highest BCUT2D eigenvalue weighted by molar-refractivity contribution is 5.96. The van der Waals surface area contributed by atoms with Gasteiger partial charge >= 0.3 is 0 Å². The maximum Gasteiger partial charge on any atom is 0.267 e. The molecule has 1 aromatic carbocycles. The Labute approximate surface area is 129 Å². The van der Waals surface area contributed by atoms with Crippen LogP contribution in [0, 0.1) is 6.92 Å². The predicted octanol–water partition coefficient (Wildman–Crippen LogP) is 2.94. The van der Waals surface area contributed by atoms with Crippen LogP contribution >= 0.6 is 0 Å². The van der Waals surface area contributed by atoms with Crippen molar-refractivity contribution in [2.24, 2.45) is 0 Å². The van der Waals surface area contributed by atoms with Crippen molar-refractivity contribution in [2.75, 3.05) is 26.2 Å². The maximum atomic E-state index is 13.3. The first-order chi connectivity index (χ1) is 10.5. The van der Waals surface area contributed by atoms with Crippen molar-refractivity contribution in [2.45, 2.75) is 38.0 Å². The Bertz CT molecular complexity index is 568. The monoisotopic (exact) mass is 308 g/mol. The van der Waals surface area contributed by atoms with Crippen LogP contribution in [0.15, 0.2) is 18.2 Å². The second kappa shape index (κ2) is 5.95. The predicted molar refractivity (Wildman–Crippen MR) is 81.5 cm³/mol. The summed E-state index contributed by atoms with van der Waals surface area (Å²) in [6, 6.07) is 5.71. The molecule has 22 heavy (non-hydrogen) atoms. The molecule has 1 aromatic rings. The van der Waals surface area contributed by atoms with Crippen molar-refractivity contribution < 1.29 is 13.6 Å². The second-order valence-corrected chi connectivity index (χ2v) is 6.38. The fourth-order valence-corrected chi connectivity index (χ4v) is 3.54. The van der Waals surface area contributed by atoms with Gasteiger partial charge in [-0.25, -0.2) is 8.78 Å². The highest BCUT2D eigenvalue weighted by Gasteiger charge is 2.40.